The Morgan fingerprint density at radius 1 is 1.38 bits per heavy atom. The SMILES string of the molecule is COc1c(N)cccc1-c1nnn(C)c1C. The molecule has 0 aliphatic heterocycles. The molecule has 0 fully saturated rings. The van der Waals surface area contributed by atoms with E-state index in [9.17, 15) is 0 Å². The second kappa shape index (κ2) is 3.84. The standard InChI is InChI=1S/C11H14N4O/c1-7-10(13-14-15(7)2)8-5-4-6-9(12)11(8)16-3/h4-6H,12H2,1-3H3. The quantitative estimate of drug-likeness (QED) is 0.773. The summed E-state index contributed by atoms with van der Waals surface area (Å²) in [5.41, 5.74) is 9.09. The molecule has 0 radical (unpaired) electrons. The highest BCUT2D eigenvalue weighted by Gasteiger charge is 2.14. The van der Waals surface area contributed by atoms with Crippen molar-refractivity contribution in [2.75, 3.05) is 12.8 Å². The minimum Gasteiger partial charge on any atom is -0.494 e. The van der Waals surface area contributed by atoms with E-state index >= 15 is 0 Å². The third-order valence-electron chi connectivity index (χ3n) is 2.61. The average Bonchev–Trinajstić information content (AvgIpc) is 2.59. The highest BCUT2D eigenvalue weighted by Crippen LogP contribution is 2.34. The van der Waals surface area contributed by atoms with Crippen molar-refractivity contribution in [3.8, 4) is 17.0 Å². The van der Waals surface area contributed by atoms with Gasteiger partial charge in [-0.1, -0.05) is 11.3 Å². The van der Waals surface area contributed by atoms with Gasteiger partial charge in [0.2, 0.25) is 0 Å². The Balaban J connectivity index is 2.64. The molecule has 1 heterocycles. The molecule has 2 rings (SSSR count). The largest absolute Gasteiger partial charge is 0.494 e. The number of rotatable bonds is 2. The molecule has 0 unspecified atom stereocenters. The van der Waals surface area contributed by atoms with Crippen molar-refractivity contribution in [3.63, 3.8) is 0 Å². The molecule has 16 heavy (non-hydrogen) atoms. The number of nitrogen functional groups attached to an aromatic ring is 1. The Labute approximate surface area is 93.8 Å². The van der Waals surface area contributed by atoms with Gasteiger partial charge < -0.3 is 10.5 Å². The fourth-order valence-electron chi connectivity index (χ4n) is 1.62. The van der Waals surface area contributed by atoms with Gasteiger partial charge in [-0.05, 0) is 19.1 Å². The number of ether oxygens (including phenoxy) is 1. The molecule has 2 N–H and O–H groups in total. The second-order valence-electron chi connectivity index (χ2n) is 3.58. The van der Waals surface area contributed by atoms with Gasteiger partial charge in [-0.25, -0.2) is 0 Å². The summed E-state index contributed by atoms with van der Waals surface area (Å²) in [5, 5.41) is 8.08. The highest BCUT2D eigenvalue weighted by molar-refractivity contribution is 5.75. The zero-order valence-corrected chi connectivity index (χ0v) is 9.56. The number of nitrogens with zero attached hydrogens (tertiary/aromatic N) is 3. The molecule has 0 saturated carbocycles. The molecule has 0 amide bonds. The number of hydrogen-bond acceptors (Lipinski definition) is 4. The highest BCUT2D eigenvalue weighted by atomic mass is 16.5. The molecular weight excluding hydrogens is 204 g/mol. The van der Waals surface area contributed by atoms with Crippen molar-refractivity contribution in [2.24, 2.45) is 7.05 Å². The van der Waals surface area contributed by atoms with Gasteiger partial charge in [0, 0.05) is 12.6 Å². The van der Waals surface area contributed by atoms with Crippen LogP contribution in [0.2, 0.25) is 0 Å². The third-order valence-corrected chi connectivity index (χ3v) is 2.61. The number of methoxy groups -OCH3 is 1. The molecule has 0 aliphatic rings. The average molecular weight is 218 g/mol. The number of aryl methyl sites for hydroxylation is 1. The maximum Gasteiger partial charge on any atom is 0.151 e. The van der Waals surface area contributed by atoms with E-state index in [0.717, 1.165) is 17.0 Å². The lowest BCUT2D eigenvalue weighted by molar-refractivity contribution is 0.418. The van der Waals surface area contributed by atoms with E-state index in [4.69, 9.17) is 10.5 Å². The lowest BCUT2D eigenvalue weighted by Gasteiger charge is -2.09. The van der Waals surface area contributed by atoms with E-state index in [1.165, 1.54) is 0 Å². The van der Waals surface area contributed by atoms with Crippen molar-refractivity contribution in [1.29, 1.82) is 0 Å². The molecule has 5 heteroatoms. The first-order valence-corrected chi connectivity index (χ1v) is 4.94. The molecular formula is C11H14N4O. The van der Waals surface area contributed by atoms with E-state index in [-0.39, 0.29) is 0 Å². The molecule has 0 saturated heterocycles. The van der Waals surface area contributed by atoms with Crippen LogP contribution in [0.25, 0.3) is 11.3 Å². The molecule has 1 aromatic carbocycles. The van der Waals surface area contributed by atoms with Gasteiger partial charge in [-0.2, -0.15) is 0 Å². The van der Waals surface area contributed by atoms with Crippen LogP contribution in [0.3, 0.4) is 0 Å². The minimum absolute atomic E-state index is 0.602. The van der Waals surface area contributed by atoms with Gasteiger partial charge in [0.25, 0.3) is 0 Å². The van der Waals surface area contributed by atoms with Crippen LogP contribution < -0.4 is 10.5 Å². The summed E-state index contributed by atoms with van der Waals surface area (Å²) in [6.45, 7) is 1.96. The Bertz CT molecular complexity index is 519. The Hall–Kier alpha value is -2.04. The Morgan fingerprint density at radius 2 is 2.12 bits per heavy atom. The van der Waals surface area contributed by atoms with Crippen LogP contribution in [-0.4, -0.2) is 22.1 Å². The predicted octanol–water partition coefficient (Wildman–Crippen LogP) is 1.38. The van der Waals surface area contributed by atoms with Crippen molar-refractivity contribution >= 4 is 5.69 Å². The van der Waals surface area contributed by atoms with Crippen LogP contribution in [0.1, 0.15) is 5.69 Å². The van der Waals surface area contributed by atoms with Gasteiger partial charge in [0.05, 0.1) is 18.5 Å². The molecule has 5 nitrogen and oxygen atoms in total. The normalized spacial score (nSPS) is 10.4. The van der Waals surface area contributed by atoms with E-state index < -0.39 is 0 Å². The van der Waals surface area contributed by atoms with Crippen molar-refractivity contribution in [1.82, 2.24) is 15.0 Å². The summed E-state index contributed by atoms with van der Waals surface area (Å²) in [7, 11) is 3.45. The summed E-state index contributed by atoms with van der Waals surface area (Å²) >= 11 is 0. The van der Waals surface area contributed by atoms with Crippen LogP contribution in [0.5, 0.6) is 5.75 Å². The van der Waals surface area contributed by atoms with E-state index in [2.05, 4.69) is 10.3 Å². The van der Waals surface area contributed by atoms with Crippen molar-refractivity contribution in [3.05, 3.63) is 23.9 Å². The van der Waals surface area contributed by atoms with Crippen LogP contribution in [0.4, 0.5) is 5.69 Å². The number of aromatic nitrogens is 3. The number of benzene rings is 1. The molecule has 1 aromatic heterocycles. The number of para-hydroxylation sites is 1. The summed E-state index contributed by atoms with van der Waals surface area (Å²) in [5.74, 6) is 0.645. The van der Waals surface area contributed by atoms with Crippen molar-refractivity contribution < 1.29 is 4.74 Å². The van der Waals surface area contributed by atoms with E-state index in [1.807, 2.05) is 26.1 Å². The summed E-state index contributed by atoms with van der Waals surface area (Å²) in [6, 6.07) is 5.60. The lowest BCUT2D eigenvalue weighted by atomic mass is 10.1. The minimum atomic E-state index is 0.602. The first kappa shape index (κ1) is 10.5. The second-order valence-corrected chi connectivity index (χ2v) is 3.58. The monoisotopic (exact) mass is 218 g/mol. The molecule has 84 valence electrons. The first-order valence-electron chi connectivity index (χ1n) is 4.94. The molecule has 0 bridgehead atoms. The Morgan fingerprint density at radius 3 is 2.69 bits per heavy atom. The number of hydrogen-bond donors (Lipinski definition) is 1. The fraction of sp³-hybridized carbons (Fsp3) is 0.273. The Kier molecular flexibility index (Phi) is 2.52. The van der Waals surface area contributed by atoms with Crippen LogP contribution in [-0.2, 0) is 7.05 Å². The number of nitrogens with two attached hydrogens (primary N) is 1. The lowest BCUT2D eigenvalue weighted by Crippen LogP contribution is -1.96. The fourth-order valence-corrected chi connectivity index (χ4v) is 1.62. The van der Waals surface area contributed by atoms with E-state index in [0.29, 0.717) is 11.4 Å². The zero-order valence-electron chi connectivity index (χ0n) is 9.56. The predicted molar refractivity (Wildman–Crippen MR) is 62.1 cm³/mol. The van der Waals surface area contributed by atoms with Gasteiger partial charge in [0.1, 0.15) is 5.69 Å². The molecule has 0 atom stereocenters. The first-order chi connectivity index (χ1) is 7.65. The summed E-state index contributed by atoms with van der Waals surface area (Å²) < 4.78 is 7.01. The van der Waals surface area contributed by atoms with E-state index in [1.54, 1.807) is 17.9 Å². The smallest absolute Gasteiger partial charge is 0.151 e. The van der Waals surface area contributed by atoms with Gasteiger partial charge in [0.15, 0.2) is 5.75 Å². The zero-order chi connectivity index (χ0) is 11.7. The number of anilines is 1. The topological polar surface area (TPSA) is 66.0 Å². The third kappa shape index (κ3) is 1.50. The van der Waals surface area contributed by atoms with Gasteiger partial charge in [-0.3, -0.25) is 4.68 Å². The van der Waals surface area contributed by atoms with Crippen LogP contribution >= 0.6 is 0 Å². The van der Waals surface area contributed by atoms with Gasteiger partial charge >= 0.3 is 0 Å². The van der Waals surface area contributed by atoms with Gasteiger partial charge in [-0.15, -0.1) is 5.10 Å². The van der Waals surface area contributed by atoms with Crippen LogP contribution in [0, 0.1) is 6.92 Å². The summed E-state index contributed by atoms with van der Waals surface area (Å²) in [6.07, 6.45) is 0. The molecule has 2 aromatic rings. The molecule has 0 aliphatic carbocycles. The maximum absolute atomic E-state index is 5.85. The maximum atomic E-state index is 5.85. The van der Waals surface area contributed by atoms with Crippen molar-refractivity contribution in [2.45, 2.75) is 6.92 Å². The molecule has 0 spiro atoms. The summed E-state index contributed by atoms with van der Waals surface area (Å²) in [4.78, 5) is 0. The van der Waals surface area contributed by atoms with Crippen LogP contribution in [0.15, 0.2) is 18.2 Å².